The summed E-state index contributed by atoms with van der Waals surface area (Å²) < 4.78 is 18.8. The summed E-state index contributed by atoms with van der Waals surface area (Å²) in [6.07, 6.45) is 4.17. The van der Waals surface area contributed by atoms with Gasteiger partial charge in [-0.25, -0.2) is 4.39 Å². The molecule has 1 atom stereocenters. The van der Waals surface area contributed by atoms with Crippen molar-refractivity contribution in [2.75, 3.05) is 13.1 Å². The summed E-state index contributed by atoms with van der Waals surface area (Å²) in [5, 5.41) is 0. The number of aldehydes is 1. The first-order valence-corrected chi connectivity index (χ1v) is 7.31. The lowest BCUT2D eigenvalue weighted by atomic mass is 10.2. The molecule has 0 radical (unpaired) electrons. The van der Waals surface area contributed by atoms with Gasteiger partial charge in [-0.2, -0.15) is 0 Å². The molecule has 2 rings (SSSR count). The normalized spacial score (nSPS) is 17.0. The summed E-state index contributed by atoms with van der Waals surface area (Å²) in [5.41, 5.74) is 0.194. The molecule has 0 aromatic heterocycles. The monoisotopic (exact) mass is 293 g/mol. The molecule has 1 aliphatic heterocycles. The minimum Gasteiger partial charge on any atom is -0.481 e. The number of ether oxygens (including phenoxy) is 1. The van der Waals surface area contributed by atoms with Crippen LogP contribution in [0.5, 0.6) is 5.75 Å². The van der Waals surface area contributed by atoms with Crippen molar-refractivity contribution in [2.24, 2.45) is 0 Å². The summed E-state index contributed by atoms with van der Waals surface area (Å²) in [6.45, 7) is 3.14. The van der Waals surface area contributed by atoms with Crippen LogP contribution in [0.3, 0.4) is 0 Å². The Morgan fingerprint density at radius 2 is 1.90 bits per heavy atom. The number of hydrogen-bond donors (Lipinski definition) is 0. The van der Waals surface area contributed by atoms with E-state index >= 15 is 0 Å². The summed E-state index contributed by atoms with van der Waals surface area (Å²) in [7, 11) is 0. The van der Waals surface area contributed by atoms with E-state index in [4.69, 9.17) is 4.74 Å². The van der Waals surface area contributed by atoms with E-state index in [9.17, 15) is 14.0 Å². The van der Waals surface area contributed by atoms with Gasteiger partial charge in [0, 0.05) is 24.7 Å². The first kappa shape index (κ1) is 15.5. The highest BCUT2D eigenvalue weighted by atomic mass is 19.1. The number of carbonyl (C=O) groups excluding carboxylic acids is 2. The number of likely N-dealkylation sites (tertiary alicyclic amines) is 1. The molecule has 0 N–H and O–H groups in total. The summed E-state index contributed by atoms with van der Waals surface area (Å²) in [4.78, 5) is 24.9. The molecule has 1 amide bonds. The maximum atomic E-state index is 13.3. The molecular weight excluding hydrogens is 273 g/mol. The van der Waals surface area contributed by atoms with Crippen LogP contribution in [0.1, 0.15) is 43.0 Å². The van der Waals surface area contributed by atoms with Crippen molar-refractivity contribution in [1.82, 2.24) is 4.90 Å². The van der Waals surface area contributed by atoms with Gasteiger partial charge >= 0.3 is 0 Å². The van der Waals surface area contributed by atoms with E-state index in [-0.39, 0.29) is 17.2 Å². The van der Waals surface area contributed by atoms with Gasteiger partial charge in [0.25, 0.3) is 5.91 Å². The molecule has 0 bridgehead atoms. The molecule has 1 aliphatic rings. The van der Waals surface area contributed by atoms with Gasteiger partial charge in [-0.05, 0) is 31.9 Å². The van der Waals surface area contributed by atoms with Crippen LogP contribution in [-0.2, 0) is 4.79 Å². The molecule has 21 heavy (non-hydrogen) atoms. The second-order valence-electron chi connectivity index (χ2n) is 5.34. The van der Waals surface area contributed by atoms with Crippen molar-refractivity contribution in [3.8, 4) is 5.75 Å². The fourth-order valence-corrected chi connectivity index (χ4v) is 2.52. The molecule has 114 valence electrons. The van der Waals surface area contributed by atoms with Gasteiger partial charge in [-0.15, -0.1) is 0 Å². The highest BCUT2D eigenvalue weighted by Crippen LogP contribution is 2.18. The minimum atomic E-state index is -0.690. The molecule has 1 aromatic rings. The van der Waals surface area contributed by atoms with Crippen molar-refractivity contribution in [3.05, 3.63) is 29.6 Å². The largest absolute Gasteiger partial charge is 0.481 e. The minimum absolute atomic E-state index is 0.0891. The Balaban J connectivity index is 2.02. The molecule has 4 nitrogen and oxygen atoms in total. The summed E-state index contributed by atoms with van der Waals surface area (Å²) in [6, 6.07) is 3.74. The molecule has 1 heterocycles. The zero-order valence-electron chi connectivity index (χ0n) is 12.2. The highest BCUT2D eigenvalue weighted by Gasteiger charge is 2.23. The van der Waals surface area contributed by atoms with Gasteiger partial charge < -0.3 is 9.64 Å². The lowest BCUT2D eigenvalue weighted by Crippen LogP contribution is -2.41. The lowest BCUT2D eigenvalue weighted by molar-refractivity contribution is -0.137. The number of halogens is 1. The third-order valence-corrected chi connectivity index (χ3v) is 3.61. The topological polar surface area (TPSA) is 46.6 Å². The lowest BCUT2D eigenvalue weighted by Gasteiger charge is -2.24. The summed E-state index contributed by atoms with van der Waals surface area (Å²) >= 11 is 0. The Bertz CT molecular complexity index is 510. The Morgan fingerprint density at radius 3 is 2.52 bits per heavy atom. The van der Waals surface area contributed by atoms with Crippen LogP contribution in [0.15, 0.2) is 18.2 Å². The number of amides is 1. The number of benzene rings is 1. The second-order valence-corrected chi connectivity index (χ2v) is 5.34. The maximum Gasteiger partial charge on any atom is 0.263 e. The Kier molecular flexibility index (Phi) is 5.31. The van der Waals surface area contributed by atoms with E-state index < -0.39 is 11.9 Å². The highest BCUT2D eigenvalue weighted by molar-refractivity contribution is 5.81. The van der Waals surface area contributed by atoms with Crippen molar-refractivity contribution >= 4 is 12.2 Å². The van der Waals surface area contributed by atoms with E-state index in [1.165, 1.54) is 12.1 Å². The first-order chi connectivity index (χ1) is 10.1. The molecule has 5 heteroatoms. The van der Waals surface area contributed by atoms with E-state index in [1.54, 1.807) is 11.8 Å². The predicted octanol–water partition coefficient (Wildman–Crippen LogP) is 2.81. The molecule has 1 aromatic carbocycles. The maximum absolute atomic E-state index is 13.3. The number of rotatable bonds is 4. The first-order valence-electron chi connectivity index (χ1n) is 7.31. The fraction of sp³-hybridized carbons (Fsp3) is 0.500. The average molecular weight is 293 g/mol. The smallest absolute Gasteiger partial charge is 0.263 e. The zero-order valence-corrected chi connectivity index (χ0v) is 12.2. The van der Waals surface area contributed by atoms with Crippen LogP contribution in [0.2, 0.25) is 0 Å². The number of carbonyl (C=O) groups is 2. The number of hydrogen-bond acceptors (Lipinski definition) is 3. The van der Waals surface area contributed by atoms with E-state index in [0.717, 1.165) is 44.8 Å². The van der Waals surface area contributed by atoms with Crippen LogP contribution >= 0.6 is 0 Å². The third kappa shape index (κ3) is 4.28. The molecule has 0 saturated carbocycles. The Labute approximate surface area is 123 Å². The molecule has 1 saturated heterocycles. The molecule has 0 spiro atoms. The quantitative estimate of drug-likeness (QED) is 0.802. The van der Waals surface area contributed by atoms with Gasteiger partial charge in [0.1, 0.15) is 17.9 Å². The van der Waals surface area contributed by atoms with Crippen molar-refractivity contribution < 1.29 is 18.7 Å². The van der Waals surface area contributed by atoms with Crippen molar-refractivity contribution in [1.29, 1.82) is 0 Å². The Hall–Kier alpha value is -1.91. The average Bonchev–Trinajstić information content (AvgIpc) is 2.74. The van der Waals surface area contributed by atoms with Crippen LogP contribution in [-0.4, -0.2) is 36.3 Å². The summed E-state index contributed by atoms with van der Waals surface area (Å²) in [5.74, 6) is -0.439. The molecule has 1 fully saturated rings. The second kappa shape index (κ2) is 7.20. The molecular formula is C16H20FNO3. The van der Waals surface area contributed by atoms with Crippen molar-refractivity contribution in [2.45, 2.75) is 38.7 Å². The predicted molar refractivity (Wildman–Crippen MR) is 76.9 cm³/mol. The van der Waals surface area contributed by atoms with Crippen LogP contribution in [0.4, 0.5) is 4.39 Å². The van der Waals surface area contributed by atoms with Gasteiger partial charge in [0.05, 0.1) is 0 Å². The van der Waals surface area contributed by atoms with E-state index in [2.05, 4.69) is 0 Å². The van der Waals surface area contributed by atoms with Crippen molar-refractivity contribution in [3.63, 3.8) is 0 Å². The van der Waals surface area contributed by atoms with Crippen LogP contribution in [0, 0.1) is 5.82 Å². The van der Waals surface area contributed by atoms with Crippen LogP contribution in [0.25, 0.3) is 0 Å². The zero-order chi connectivity index (χ0) is 15.2. The van der Waals surface area contributed by atoms with Crippen LogP contribution < -0.4 is 4.74 Å². The van der Waals surface area contributed by atoms with Gasteiger partial charge in [-0.1, -0.05) is 12.8 Å². The third-order valence-electron chi connectivity index (χ3n) is 3.61. The Morgan fingerprint density at radius 1 is 1.24 bits per heavy atom. The van der Waals surface area contributed by atoms with E-state index in [1.807, 2.05) is 0 Å². The molecule has 0 aliphatic carbocycles. The SMILES string of the molecule is CC(Oc1cc(F)cc(C=O)c1)C(=O)N1CCCCCC1. The number of nitrogens with zero attached hydrogens (tertiary/aromatic N) is 1. The van der Waals surface area contributed by atoms with Gasteiger partial charge in [0.15, 0.2) is 6.10 Å². The van der Waals surface area contributed by atoms with E-state index in [0.29, 0.717) is 6.29 Å². The fourth-order valence-electron chi connectivity index (χ4n) is 2.52. The molecule has 1 unspecified atom stereocenters. The van der Waals surface area contributed by atoms with Gasteiger partial charge in [0.2, 0.25) is 0 Å². The van der Waals surface area contributed by atoms with Gasteiger partial charge in [-0.3, -0.25) is 9.59 Å². The standard InChI is InChI=1S/C16H20FNO3/c1-12(16(20)18-6-4-2-3-5-7-18)21-15-9-13(11-19)8-14(17)10-15/h8-12H,2-7H2,1H3.